The van der Waals surface area contributed by atoms with Crippen molar-refractivity contribution in [1.29, 1.82) is 0 Å². The molecule has 104 valence electrons. The van der Waals surface area contributed by atoms with Gasteiger partial charge in [-0.1, -0.05) is 22.0 Å². The van der Waals surface area contributed by atoms with Crippen molar-refractivity contribution in [3.05, 3.63) is 28.7 Å². The molecule has 0 saturated heterocycles. The van der Waals surface area contributed by atoms with E-state index in [4.69, 9.17) is 0 Å². The third-order valence-corrected chi connectivity index (χ3v) is 4.73. The number of thioether (sulfide) groups is 1. The summed E-state index contributed by atoms with van der Waals surface area (Å²) >= 11 is 5.13. The van der Waals surface area contributed by atoms with Crippen LogP contribution in [0.25, 0.3) is 0 Å². The molecule has 19 heavy (non-hydrogen) atoms. The number of aliphatic carboxylic acids is 1. The SMILES string of the molecule is CC(CCSc1cccc(Br)c1)(NC1CC1)C(=O)O. The highest BCUT2D eigenvalue weighted by atomic mass is 79.9. The van der Waals surface area contributed by atoms with Crippen molar-refractivity contribution >= 4 is 33.7 Å². The van der Waals surface area contributed by atoms with Crippen molar-refractivity contribution in [1.82, 2.24) is 5.32 Å². The quantitative estimate of drug-likeness (QED) is 0.743. The summed E-state index contributed by atoms with van der Waals surface area (Å²) in [6.45, 7) is 1.79. The minimum absolute atomic E-state index is 0.400. The number of carbonyl (C=O) groups is 1. The number of hydrogen-bond acceptors (Lipinski definition) is 3. The number of hydrogen-bond donors (Lipinski definition) is 2. The molecular weight excluding hydrogens is 326 g/mol. The predicted molar refractivity (Wildman–Crippen MR) is 81.7 cm³/mol. The zero-order valence-corrected chi connectivity index (χ0v) is 13.3. The first kappa shape index (κ1) is 14.9. The molecule has 0 bridgehead atoms. The Morgan fingerprint density at radius 1 is 1.58 bits per heavy atom. The van der Waals surface area contributed by atoms with Gasteiger partial charge in [0.2, 0.25) is 0 Å². The first-order chi connectivity index (χ1) is 8.99. The molecule has 1 atom stereocenters. The van der Waals surface area contributed by atoms with E-state index in [2.05, 4.69) is 27.3 Å². The molecule has 2 rings (SSSR count). The van der Waals surface area contributed by atoms with E-state index < -0.39 is 11.5 Å². The largest absolute Gasteiger partial charge is 0.480 e. The first-order valence-electron chi connectivity index (χ1n) is 6.39. The minimum Gasteiger partial charge on any atom is -0.480 e. The van der Waals surface area contributed by atoms with Crippen LogP contribution in [0.5, 0.6) is 0 Å². The van der Waals surface area contributed by atoms with Gasteiger partial charge in [-0.15, -0.1) is 11.8 Å². The topological polar surface area (TPSA) is 49.3 Å². The van der Waals surface area contributed by atoms with Gasteiger partial charge in [-0.05, 0) is 44.4 Å². The van der Waals surface area contributed by atoms with E-state index in [1.807, 2.05) is 18.2 Å². The molecule has 1 aromatic rings. The molecule has 2 N–H and O–H groups in total. The summed E-state index contributed by atoms with van der Waals surface area (Å²) in [6, 6.07) is 8.47. The van der Waals surface area contributed by atoms with Crippen LogP contribution in [0.15, 0.2) is 33.6 Å². The highest BCUT2D eigenvalue weighted by Gasteiger charge is 2.37. The standard InChI is InChI=1S/C14H18BrNO2S/c1-14(13(17)18,16-11-5-6-11)7-8-19-12-4-2-3-10(15)9-12/h2-4,9,11,16H,5-8H2,1H3,(H,17,18). The van der Waals surface area contributed by atoms with Crippen molar-refractivity contribution in [3.63, 3.8) is 0 Å². The summed E-state index contributed by atoms with van der Waals surface area (Å²) in [4.78, 5) is 12.6. The second kappa shape index (κ2) is 6.29. The number of nitrogens with one attached hydrogen (secondary N) is 1. The Bertz CT molecular complexity index is 465. The van der Waals surface area contributed by atoms with Gasteiger partial charge in [-0.2, -0.15) is 0 Å². The van der Waals surface area contributed by atoms with Gasteiger partial charge < -0.3 is 5.11 Å². The molecule has 0 heterocycles. The summed E-state index contributed by atoms with van der Waals surface area (Å²) in [5, 5.41) is 12.6. The molecule has 0 amide bonds. The Labute approximate surface area is 126 Å². The van der Waals surface area contributed by atoms with Gasteiger partial charge in [-0.25, -0.2) is 0 Å². The molecule has 1 unspecified atom stereocenters. The average molecular weight is 344 g/mol. The van der Waals surface area contributed by atoms with Crippen LogP contribution in [0, 0.1) is 0 Å². The molecule has 3 nitrogen and oxygen atoms in total. The van der Waals surface area contributed by atoms with Gasteiger partial charge in [0, 0.05) is 21.2 Å². The molecule has 1 aliphatic carbocycles. The lowest BCUT2D eigenvalue weighted by molar-refractivity contribution is -0.144. The third kappa shape index (κ3) is 4.51. The summed E-state index contributed by atoms with van der Waals surface area (Å²) < 4.78 is 1.05. The van der Waals surface area contributed by atoms with Gasteiger partial charge in [0.15, 0.2) is 0 Å². The number of rotatable bonds is 7. The van der Waals surface area contributed by atoms with Gasteiger partial charge in [0.25, 0.3) is 0 Å². The minimum atomic E-state index is -0.805. The van der Waals surface area contributed by atoms with Gasteiger partial charge in [0.05, 0.1) is 0 Å². The lowest BCUT2D eigenvalue weighted by Crippen LogP contribution is -2.50. The van der Waals surface area contributed by atoms with Crippen molar-refractivity contribution in [3.8, 4) is 0 Å². The zero-order chi connectivity index (χ0) is 13.9. The molecule has 0 spiro atoms. The van der Waals surface area contributed by atoms with Crippen LogP contribution >= 0.6 is 27.7 Å². The van der Waals surface area contributed by atoms with Crippen LogP contribution in [0.2, 0.25) is 0 Å². The Balaban J connectivity index is 1.86. The lowest BCUT2D eigenvalue weighted by atomic mass is 9.99. The fourth-order valence-corrected chi connectivity index (χ4v) is 3.53. The van der Waals surface area contributed by atoms with Gasteiger partial charge in [-0.3, -0.25) is 10.1 Å². The van der Waals surface area contributed by atoms with Crippen LogP contribution in [-0.4, -0.2) is 28.4 Å². The molecular formula is C14H18BrNO2S. The van der Waals surface area contributed by atoms with Crippen LogP contribution in [0.3, 0.4) is 0 Å². The number of carboxylic acid groups (broad SMARTS) is 1. The Hall–Kier alpha value is -0.520. The third-order valence-electron chi connectivity index (χ3n) is 3.24. The van der Waals surface area contributed by atoms with Crippen molar-refractivity contribution in [2.45, 2.75) is 42.7 Å². The Kier molecular flexibility index (Phi) is 4.92. The van der Waals surface area contributed by atoms with E-state index in [-0.39, 0.29) is 0 Å². The molecule has 1 saturated carbocycles. The average Bonchev–Trinajstić information content (AvgIpc) is 3.12. The molecule has 1 fully saturated rings. The Morgan fingerprint density at radius 2 is 2.32 bits per heavy atom. The first-order valence-corrected chi connectivity index (χ1v) is 8.17. The molecule has 0 radical (unpaired) electrons. The van der Waals surface area contributed by atoms with Crippen molar-refractivity contribution in [2.24, 2.45) is 0 Å². The highest BCUT2D eigenvalue weighted by molar-refractivity contribution is 9.10. The fraction of sp³-hybridized carbons (Fsp3) is 0.500. The molecule has 0 aromatic heterocycles. The van der Waals surface area contributed by atoms with Crippen LogP contribution in [0.4, 0.5) is 0 Å². The van der Waals surface area contributed by atoms with Gasteiger partial charge >= 0.3 is 5.97 Å². The van der Waals surface area contributed by atoms with E-state index in [0.29, 0.717) is 12.5 Å². The van der Waals surface area contributed by atoms with Gasteiger partial charge in [0.1, 0.15) is 5.54 Å². The van der Waals surface area contributed by atoms with E-state index in [1.54, 1.807) is 18.7 Å². The van der Waals surface area contributed by atoms with E-state index >= 15 is 0 Å². The monoisotopic (exact) mass is 343 g/mol. The number of halogens is 1. The summed E-state index contributed by atoms with van der Waals surface area (Å²) in [7, 11) is 0. The smallest absolute Gasteiger partial charge is 0.323 e. The van der Waals surface area contributed by atoms with E-state index in [1.165, 1.54) is 0 Å². The highest BCUT2D eigenvalue weighted by Crippen LogP contribution is 2.28. The van der Waals surface area contributed by atoms with E-state index in [9.17, 15) is 9.90 Å². The van der Waals surface area contributed by atoms with Crippen molar-refractivity contribution < 1.29 is 9.90 Å². The molecule has 1 aromatic carbocycles. The summed E-state index contributed by atoms with van der Waals surface area (Å²) in [6.07, 6.45) is 2.82. The Morgan fingerprint density at radius 3 is 2.89 bits per heavy atom. The second-order valence-electron chi connectivity index (χ2n) is 5.11. The van der Waals surface area contributed by atoms with Crippen LogP contribution in [-0.2, 0) is 4.79 Å². The molecule has 0 aliphatic heterocycles. The van der Waals surface area contributed by atoms with Crippen LogP contribution in [0.1, 0.15) is 26.2 Å². The summed E-state index contributed by atoms with van der Waals surface area (Å²) in [5.74, 6) is 0.0353. The number of benzene rings is 1. The second-order valence-corrected chi connectivity index (χ2v) is 7.20. The fourth-order valence-electron chi connectivity index (χ4n) is 1.85. The maximum absolute atomic E-state index is 11.4. The zero-order valence-electron chi connectivity index (χ0n) is 10.9. The van der Waals surface area contributed by atoms with E-state index in [0.717, 1.165) is 28.0 Å². The summed E-state index contributed by atoms with van der Waals surface area (Å²) in [5.41, 5.74) is -0.805. The normalized spacial score (nSPS) is 18.0. The molecule has 5 heteroatoms. The maximum Gasteiger partial charge on any atom is 0.323 e. The molecule has 1 aliphatic rings. The van der Waals surface area contributed by atoms with Crippen LogP contribution < -0.4 is 5.32 Å². The number of carboxylic acids is 1. The van der Waals surface area contributed by atoms with Crippen molar-refractivity contribution in [2.75, 3.05) is 5.75 Å². The maximum atomic E-state index is 11.4. The lowest BCUT2D eigenvalue weighted by Gasteiger charge is -2.26. The predicted octanol–water partition coefficient (Wildman–Crippen LogP) is 3.53.